The lowest BCUT2D eigenvalue weighted by molar-refractivity contribution is -0.384. The molecule has 0 aliphatic carbocycles. The molecule has 1 N–H and O–H groups in total. The minimum Gasteiger partial charge on any atom is -0.323 e. The lowest BCUT2D eigenvalue weighted by Gasteiger charge is -2.12. The summed E-state index contributed by atoms with van der Waals surface area (Å²) in [5.41, 5.74) is 0.686. The molecular weight excluding hydrogens is 275 g/mol. The van der Waals surface area contributed by atoms with E-state index in [0.717, 1.165) is 0 Å². The van der Waals surface area contributed by atoms with Crippen molar-refractivity contribution in [2.45, 2.75) is 12.8 Å². The van der Waals surface area contributed by atoms with Gasteiger partial charge in [-0.05, 0) is 24.6 Å². The summed E-state index contributed by atoms with van der Waals surface area (Å²) in [4.78, 5) is 22.1. The Morgan fingerprint density at radius 1 is 1.19 bits per heavy atom. The van der Waals surface area contributed by atoms with Crippen molar-refractivity contribution in [2.75, 3.05) is 5.32 Å². The Bertz CT molecular complexity index is 671. The van der Waals surface area contributed by atoms with E-state index >= 15 is 0 Å². The van der Waals surface area contributed by atoms with Gasteiger partial charge in [-0.3, -0.25) is 14.9 Å². The first kappa shape index (κ1) is 14.6. The van der Waals surface area contributed by atoms with E-state index in [1.165, 1.54) is 42.5 Å². The summed E-state index contributed by atoms with van der Waals surface area (Å²) in [5, 5.41) is 13.1. The van der Waals surface area contributed by atoms with Gasteiger partial charge in [0.05, 0.1) is 16.5 Å². The summed E-state index contributed by atoms with van der Waals surface area (Å²) in [6.45, 7) is 1.65. The van der Waals surface area contributed by atoms with Crippen molar-refractivity contribution in [3.8, 4) is 0 Å². The summed E-state index contributed by atoms with van der Waals surface area (Å²) >= 11 is 0. The molecule has 0 saturated heterocycles. The van der Waals surface area contributed by atoms with Crippen LogP contribution >= 0.6 is 0 Å². The Hall–Kier alpha value is -2.76. The number of halogens is 1. The normalized spacial score (nSPS) is 11.7. The lowest BCUT2D eigenvalue weighted by Crippen LogP contribution is -2.19. The Morgan fingerprint density at radius 2 is 1.81 bits per heavy atom. The number of nitro groups is 1. The maximum Gasteiger partial charge on any atom is 0.269 e. The topological polar surface area (TPSA) is 72.2 Å². The van der Waals surface area contributed by atoms with Gasteiger partial charge in [-0.1, -0.05) is 24.3 Å². The number of para-hydroxylation sites is 1. The summed E-state index contributed by atoms with van der Waals surface area (Å²) in [7, 11) is 0. The van der Waals surface area contributed by atoms with Crippen LogP contribution in [0.3, 0.4) is 0 Å². The van der Waals surface area contributed by atoms with E-state index in [-0.39, 0.29) is 17.3 Å². The van der Waals surface area contributed by atoms with Crippen molar-refractivity contribution in [2.24, 2.45) is 0 Å². The number of nitrogens with zero attached hydrogens (tertiary/aromatic N) is 1. The number of nitro benzene ring substituents is 1. The molecular formula is C15H13FN2O3. The first-order chi connectivity index (χ1) is 9.99. The number of carbonyl (C=O) groups excluding carboxylic acids is 1. The van der Waals surface area contributed by atoms with Crippen LogP contribution in [0, 0.1) is 15.9 Å². The maximum absolute atomic E-state index is 13.5. The molecule has 0 unspecified atom stereocenters. The number of anilines is 1. The SMILES string of the molecule is C[C@@H](C(=O)Nc1ccccc1F)c1ccc([N+](=O)[O-])cc1. The van der Waals surface area contributed by atoms with Crippen molar-refractivity contribution in [3.05, 3.63) is 70.0 Å². The number of rotatable bonds is 4. The van der Waals surface area contributed by atoms with E-state index < -0.39 is 16.7 Å². The van der Waals surface area contributed by atoms with Crippen molar-refractivity contribution < 1.29 is 14.1 Å². The Labute approximate surface area is 120 Å². The lowest BCUT2D eigenvalue weighted by atomic mass is 10.00. The number of hydrogen-bond acceptors (Lipinski definition) is 3. The second-order valence-corrected chi connectivity index (χ2v) is 4.54. The predicted molar refractivity (Wildman–Crippen MR) is 76.5 cm³/mol. The zero-order valence-corrected chi connectivity index (χ0v) is 11.2. The van der Waals surface area contributed by atoms with Gasteiger partial charge in [-0.15, -0.1) is 0 Å². The molecule has 1 amide bonds. The van der Waals surface area contributed by atoms with E-state index in [9.17, 15) is 19.3 Å². The van der Waals surface area contributed by atoms with Gasteiger partial charge < -0.3 is 5.32 Å². The quantitative estimate of drug-likeness (QED) is 0.691. The average molecular weight is 288 g/mol. The summed E-state index contributed by atoms with van der Waals surface area (Å²) in [5.74, 6) is -1.44. The Morgan fingerprint density at radius 3 is 2.38 bits per heavy atom. The largest absolute Gasteiger partial charge is 0.323 e. The number of hydrogen-bond donors (Lipinski definition) is 1. The first-order valence-electron chi connectivity index (χ1n) is 6.29. The smallest absolute Gasteiger partial charge is 0.269 e. The Kier molecular flexibility index (Phi) is 4.27. The molecule has 21 heavy (non-hydrogen) atoms. The van der Waals surface area contributed by atoms with Gasteiger partial charge in [0.1, 0.15) is 5.82 Å². The van der Waals surface area contributed by atoms with Gasteiger partial charge >= 0.3 is 0 Å². The molecule has 0 bridgehead atoms. The van der Waals surface area contributed by atoms with Crippen LogP contribution in [0.15, 0.2) is 48.5 Å². The van der Waals surface area contributed by atoms with Crippen molar-refractivity contribution in [1.29, 1.82) is 0 Å². The van der Waals surface area contributed by atoms with Gasteiger partial charge in [0.15, 0.2) is 0 Å². The minimum atomic E-state index is -0.551. The number of amides is 1. The first-order valence-corrected chi connectivity index (χ1v) is 6.29. The minimum absolute atomic E-state index is 0.0412. The molecule has 108 valence electrons. The fourth-order valence-electron chi connectivity index (χ4n) is 1.84. The molecule has 0 spiro atoms. The second kappa shape index (κ2) is 6.13. The predicted octanol–water partition coefficient (Wildman–Crippen LogP) is 3.48. The molecule has 2 aromatic rings. The highest BCUT2D eigenvalue weighted by molar-refractivity contribution is 5.95. The molecule has 0 aromatic heterocycles. The molecule has 1 atom stereocenters. The van der Waals surface area contributed by atoms with E-state index in [2.05, 4.69) is 5.32 Å². The third kappa shape index (κ3) is 3.42. The molecule has 2 rings (SSSR count). The molecule has 2 aromatic carbocycles. The Balaban J connectivity index is 2.12. The highest BCUT2D eigenvalue weighted by atomic mass is 19.1. The molecule has 0 aliphatic rings. The highest BCUT2D eigenvalue weighted by Gasteiger charge is 2.17. The molecule has 0 fully saturated rings. The van der Waals surface area contributed by atoms with Crippen molar-refractivity contribution in [1.82, 2.24) is 0 Å². The third-order valence-corrected chi connectivity index (χ3v) is 3.13. The molecule has 0 heterocycles. The van der Waals surface area contributed by atoms with Crippen molar-refractivity contribution in [3.63, 3.8) is 0 Å². The van der Waals surface area contributed by atoms with Gasteiger partial charge in [-0.25, -0.2) is 4.39 Å². The second-order valence-electron chi connectivity index (χ2n) is 4.54. The summed E-state index contributed by atoms with van der Waals surface area (Å²) < 4.78 is 13.5. The average Bonchev–Trinajstić information content (AvgIpc) is 2.49. The van der Waals surface area contributed by atoms with Crippen LogP contribution in [0.2, 0.25) is 0 Å². The van der Waals surface area contributed by atoms with Gasteiger partial charge in [0.2, 0.25) is 5.91 Å². The van der Waals surface area contributed by atoms with Gasteiger partial charge in [-0.2, -0.15) is 0 Å². The van der Waals surface area contributed by atoms with Crippen LogP contribution in [0.1, 0.15) is 18.4 Å². The third-order valence-electron chi connectivity index (χ3n) is 3.13. The van der Waals surface area contributed by atoms with Gasteiger partial charge in [0.25, 0.3) is 5.69 Å². The zero-order valence-electron chi connectivity index (χ0n) is 11.2. The monoisotopic (exact) mass is 288 g/mol. The standard InChI is InChI=1S/C15H13FN2O3/c1-10(11-6-8-12(9-7-11)18(20)21)15(19)17-14-5-3-2-4-13(14)16/h2-10H,1H3,(H,17,19)/t10-/m1/s1. The fraction of sp³-hybridized carbons (Fsp3) is 0.133. The molecule has 0 radical (unpaired) electrons. The summed E-state index contributed by atoms with van der Waals surface area (Å²) in [6.07, 6.45) is 0. The van der Waals surface area contributed by atoms with Crippen LogP contribution in [0.5, 0.6) is 0 Å². The highest BCUT2D eigenvalue weighted by Crippen LogP contribution is 2.21. The van der Waals surface area contributed by atoms with E-state index in [0.29, 0.717) is 5.56 Å². The molecule has 5 nitrogen and oxygen atoms in total. The van der Waals surface area contributed by atoms with Crippen LogP contribution in [0.4, 0.5) is 15.8 Å². The van der Waals surface area contributed by atoms with Crippen LogP contribution in [0.25, 0.3) is 0 Å². The molecule has 0 saturated carbocycles. The van der Waals surface area contributed by atoms with E-state index in [1.807, 2.05) is 0 Å². The van der Waals surface area contributed by atoms with Crippen LogP contribution in [-0.2, 0) is 4.79 Å². The van der Waals surface area contributed by atoms with E-state index in [4.69, 9.17) is 0 Å². The molecule has 0 aliphatic heterocycles. The zero-order chi connectivity index (χ0) is 15.4. The maximum atomic E-state index is 13.5. The van der Waals surface area contributed by atoms with Crippen LogP contribution in [-0.4, -0.2) is 10.8 Å². The number of nitrogens with one attached hydrogen (secondary N) is 1. The van der Waals surface area contributed by atoms with Crippen molar-refractivity contribution >= 4 is 17.3 Å². The van der Waals surface area contributed by atoms with Crippen LogP contribution < -0.4 is 5.32 Å². The molecule has 6 heteroatoms. The number of carbonyl (C=O) groups is 1. The number of benzene rings is 2. The number of non-ortho nitro benzene ring substituents is 1. The fourth-order valence-corrected chi connectivity index (χ4v) is 1.84. The summed E-state index contributed by atoms with van der Waals surface area (Å²) in [6, 6.07) is 11.6. The van der Waals surface area contributed by atoms with E-state index in [1.54, 1.807) is 13.0 Å². The van der Waals surface area contributed by atoms with Gasteiger partial charge in [0, 0.05) is 12.1 Å².